The molecule has 0 saturated heterocycles. The van der Waals surface area contributed by atoms with Gasteiger partial charge in [-0.1, -0.05) is 62.4 Å². The van der Waals surface area contributed by atoms with Crippen molar-refractivity contribution in [3.05, 3.63) is 59.7 Å². The second-order valence-corrected chi connectivity index (χ2v) is 5.73. The molecule has 1 aliphatic carbocycles. The van der Waals surface area contributed by atoms with Crippen LogP contribution in [0.5, 0.6) is 0 Å². The highest BCUT2D eigenvalue weighted by atomic mass is 16.3. The molecular weight excluding hydrogens is 232 g/mol. The van der Waals surface area contributed by atoms with Crippen LogP contribution in [0.2, 0.25) is 0 Å². The molecule has 0 amide bonds. The van der Waals surface area contributed by atoms with Gasteiger partial charge in [0.25, 0.3) is 0 Å². The van der Waals surface area contributed by atoms with Crippen molar-refractivity contribution in [3.63, 3.8) is 0 Å². The van der Waals surface area contributed by atoms with Crippen LogP contribution in [0.1, 0.15) is 31.1 Å². The first-order chi connectivity index (χ1) is 9.18. The fourth-order valence-electron chi connectivity index (χ4n) is 3.09. The Morgan fingerprint density at radius 1 is 0.895 bits per heavy atom. The number of hydrogen-bond acceptors (Lipinski definition) is 1. The molecule has 0 heterocycles. The lowest BCUT2D eigenvalue weighted by Gasteiger charge is -2.30. The highest BCUT2D eigenvalue weighted by molar-refractivity contribution is 5.71. The Labute approximate surface area is 114 Å². The zero-order valence-corrected chi connectivity index (χ0v) is 11.5. The lowest BCUT2D eigenvalue weighted by atomic mass is 9.77. The van der Waals surface area contributed by atoms with Crippen molar-refractivity contribution in [2.24, 2.45) is 11.8 Å². The van der Waals surface area contributed by atoms with Gasteiger partial charge < -0.3 is 5.11 Å². The molecule has 0 spiro atoms. The number of aliphatic hydroxyl groups is 1. The van der Waals surface area contributed by atoms with E-state index < -0.39 is 0 Å². The van der Waals surface area contributed by atoms with Crippen LogP contribution >= 0.6 is 0 Å². The van der Waals surface area contributed by atoms with Crippen molar-refractivity contribution in [2.75, 3.05) is 0 Å². The molecule has 1 nitrogen and oxygen atoms in total. The van der Waals surface area contributed by atoms with E-state index in [0.717, 1.165) is 12.0 Å². The zero-order valence-electron chi connectivity index (χ0n) is 11.5. The van der Waals surface area contributed by atoms with Gasteiger partial charge in [0.2, 0.25) is 0 Å². The standard InChI is InChI=1S/C18H20O/c1-12-11-14-7-3-4-8-15(14)16-9-5-6-10-17(16)18(19)13(12)2/h3-10,12-13,18-19H,11H2,1-2H3/t12-,13-,18-/m0/s1. The van der Waals surface area contributed by atoms with Gasteiger partial charge in [0, 0.05) is 0 Å². The predicted octanol–water partition coefficient (Wildman–Crippen LogP) is 4.22. The molecule has 3 atom stereocenters. The summed E-state index contributed by atoms with van der Waals surface area (Å²) >= 11 is 0. The summed E-state index contributed by atoms with van der Waals surface area (Å²) in [5, 5.41) is 10.6. The summed E-state index contributed by atoms with van der Waals surface area (Å²) in [6.45, 7) is 4.39. The molecule has 0 saturated carbocycles. The first-order valence-electron chi connectivity index (χ1n) is 7.03. The molecular formula is C18H20O. The van der Waals surface area contributed by atoms with Crippen LogP contribution in [0.15, 0.2) is 48.5 Å². The van der Waals surface area contributed by atoms with Crippen molar-refractivity contribution < 1.29 is 5.11 Å². The van der Waals surface area contributed by atoms with E-state index in [-0.39, 0.29) is 12.0 Å². The monoisotopic (exact) mass is 252 g/mol. The van der Waals surface area contributed by atoms with Gasteiger partial charge in [-0.2, -0.15) is 0 Å². The zero-order chi connectivity index (χ0) is 13.4. The second kappa shape index (κ2) is 4.82. The normalized spacial score (nSPS) is 25.9. The molecule has 0 fully saturated rings. The van der Waals surface area contributed by atoms with Crippen LogP contribution in [-0.4, -0.2) is 5.11 Å². The Kier molecular flexibility index (Phi) is 3.16. The number of hydrogen-bond donors (Lipinski definition) is 1. The molecule has 98 valence electrons. The molecule has 1 heteroatoms. The van der Waals surface area contributed by atoms with E-state index in [1.807, 2.05) is 6.07 Å². The van der Waals surface area contributed by atoms with E-state index in [1.54, 1.807) is 0 Å². The maximum Gasteiger partial charge on any atom is 0.0824 e. The van der Waals surface area contributed by atoms with Crippen LogP contribution in [-0.2, 0) is 6.42 Å². The third kappa shape index (κ3) is 2.08. The SMILES string of the molecule is C[C@@H]1[C@H](O)c2ccccc2-c2ccccc2C[C@@H]1C. The fourth-order valence-corrected chi connectivity index (χ4v) is 3.09. The summed E-state index contributed by atoms with van der Waals surface area (Å²) in [4.78, 5) is 0. The van der Waals surface area contributed by atoms with Crippen molar-refractivity contribution >= 4 is 0 Å². The Bertz CT molecular complexity index is 588. The van der Waals surface area contributed by atoms with E-state index >= 15 is 0 Å². The van der Waals surface area contributed by atoms with Gasteiger partial charge in [0.05, 0.1) is 6.10 Å². The molecule has 3 rings (SSSR count). The van der Waals surface area contributed by atoms with E-state index in [9.17, 15) is 5.11 Å². The fraction of sp³-hybridized carbons (Fsp3) is 0.333. The van der Waals surface area contributed by atoms with Gasteiger partial charge in [-0.05, 0) is 40.5 Å². The predicted molar refractivity (Wildman–Crippen MR) is 78.9 cm³/mol. The Balaban J connectivity index is 2.25. The number of fused-ring (bicyclic) bond motifs is 3. The third-order valence-corrected chi connectivity index (χ3v) is 4.52. The quantitative estimate of drug-likeness (QED) is 0.744. The highest BCUT2D eigenvalue weighted by Crippen LogP contribution is 2.40. The number of rotatable bonds is 0. The molecule has 0 aromatic heterocycles. The van der Waals surface area contributed by atoms with Crippen LogP contribution < -0.4 is 0 Å². The lowest BCUT2D eigenvalue weighted by Crippen LogP contribution is -2.21. The Morgan fingerprint density at radius 3 is 2.32 bits per heavy atom. The molecule has 19 heavy (non-hydrogen) atoms. The van der Waals surface area contributed by atoms with Crippen LogP contribution in [0.25, 0.3) is 11.1 Å². The molecule has 0 aliphatic heterocycles. The Morgan fingerprint density at radius 2 is 1.53 bits per heavy atom. The summed E-state index contributed by atoms with van der Waals surface area (Å²) in [6.07, 6.45) is 0.655. The average Bonchev–Trinajstić information content (AvgIpc) is 2.45. The van der Waals surface area contributed by atoms with Gasteiger partial charge in [0.15, 0.2) is 0 Å². The summed E-state index contributed by atoms with van der Waals surface area (Å²) in [5.74, 6) is 0.749. The number of benzene rings is 2. The van der Waals surface area contributed by atoms with Gasteiger partial charge in [0.1, 0.15) is 0 Å². The molecule has 1 N–H and O–H groups in total. The Hall–Kier alpha value is -1.60. The molecule has 0 bridgehead atoms. The smallest absolute Gasteiger partial charge is 0.0824 e. The largest absolute Gasteiger partial charge is 0.388 e. The molecule has 0 radical (unpaired) electrons. The lowest BCUT2D eigenvalue weighted by molar-refractivity contribution is 0.0869. The van der Waals surface area contributed by atoms with Gasteiger partial charge in [-0.3, -0.25) is 0 Å². The minimum absolute atomic E-state index is 0.273. The summed E-state index contributed by atoms with van der Waals surface area (Å²) in [7, 11) is 0. The van der Waals surface area contributed by atoms with E-state index in [0.29, 0.717) is 5.92 Å². The maximum atomic E-state index is 10.6. The second-order valence-electron chi connectivity index (χ2n) is 5.73. The van der Waals surface area contributed by atoms with Crippen LogP contribution in [0, 0.1) is 11.8 Å². The molecule has 0 unspecified atom stereocenters. The van der Waals surface area contributed by atoms with Crippen molar-refractivity contribution in [1.82, 2.24) is 0 Å². The van der Waals surface area contributed by atoms with E-state index in [1.165, 1.54) is 16.7 Å². The molecule has 2 aromatic rings. The summed E-state index contributed by atoms with van der Waals surface area (Å²) < 4.78 is 0. The average molecular weight is 252 g/mol. The third-order valence-electron chi connectivity index (χ3n) is 4.52. The van der Waals surface area contributed by atoms with Gasteiger partial charge in [-0.15, -0.1) is 0 Å². The van der Waals surface area contributed by atoms with Crippen molar-refractivity contribution in [1.29, 1.82) is 0 Å². The summed E-state index contributed by atoms with van der Waals surface area (Å²) in [5.41, 5.74) is 4.91. The van der Waals surface area contributed by atoms with Crippen LogP contribution in [0.4, 0.5) is 0 Å². The van der Waals surface area contributed by atoms with Crippen LogP contribution in [0.3, 0.4) is 0 Å². The topological polar surface area (TPSA) is 20.2 Å². The first-order valence-corrected chi connectivity index (χ1v) is 7.03. The van der Waals surface area contributed by atoms with Crippen molar-refractivity contribution in [2.45, 2.75) is 26.4 Å². The van der Waals surface area contributed by atoms with E-state index in [2.05, 4.69) is 56.3 Å². The summed E-state index contributed by atoms with van der Waals surface area (Å²) in [6, 6.07) is 16.8. The van der Waals surface area contributed by atoms with Crippen molar-refractivity contribution in [3.8, 4) is 11.1 Å². The first kappa shape index (κ1) is 12.4. The molecule has 1 aliphatic rings. The molecule has 2 aromatic carbocycles. The van der Waals surface area contributed by atoms with Gasteiger partial charge >= 0.3 is 0 Å². The minimum atomic E-state index is -0.375. The maximum absolute atomic E-state index is 10.6. The van der Waals surface area contributed by atoms with Gasteiger partial charge in [-0.25, -0.2) is 0 Å². The number of aliphatic hydroxyl groups excluding tert-OH is 1. The minimum Gasteiger partial charge on any atom is -0.388 e. The highest BCUT2D eigenvalue weighted by Gasteiger charge is 2.28. The van der Waals surface area contributed by atoms with E-state index in [4.69, 9.17) is 0 Å².